The van der Waals surface area contributed by atoms with Crippen LogP contribution in [-0.4, -0.2) is 58.8 Å². The van der Waals surface area contributed by atoms with Gasteiger partial charge < -0.3 is 4.90 Å². The minimum Gasteiger partial charge on any atom is -0.302 e. The average molecular weight is 503 g/mol. The number of piperidine rings is 1. The third-order valence-corrected chi connectivity index (χ3v) is 7.61. The number of nitro groups is 1. The lowest BCUT2D eigenvalue weighted by Crippen LogP contribution is -2.37. The van der Waals surface area contributed by atoms with Crippen LogP contribution in [0.2, 0.25) is 0 Å². The summed E-state index contributed by atoms with van der Waals surface area (Å²) >= 11 is 1.37. The molecule has 11 nitrogen and oxygen atoms in total. The van der Waals surface area contributed by atoms with Crippen molar-refractivity contribution in [2.24, 2.45) is 0 Å². The maximum atomic E-state index is 12.7. The predicted octanol–water partition coefficient (Wildman–Crippen LogP) is 3.35. The third kappa shape index (κ3) is 4.14. The number of para-hydroxylation sites is 1. The van der Waals surface area contributed by atoms with Crippen LogP contribution in [0.15, 0.2) is 59.7 Å². The molecule has 0 unspecified atom stereocenters. The van der Waals surface area contributed by atoms with Crippen molar-refractivity contribution in [3.63, 3.8) is 0 Å². The lowest BCUT2D eigenvalue weighted by Gasteiger charge is -2.30. The molecule has 1 aliphatic heterocycles. The van der Waals surface area contributed by atoms with Crippen LogP contribution >= 0.6 is 11.3 Å². The number of hydrogen-bond acceptors (Lipinski definition) is 9. The molecule has 3 aromatic heterocycles. The molecular formula is C24H22N8O3S. The summed E-state index contributed by atoms with van der Waals surface area (Å²) in [5, 5.41) is 25.8. The quantitative estimate of drug-likeness (QED) is 0.256. The fourth-order valence-corrected chi connectivity index (χ4v) is 5.53. The highest BCUT2D eigenvalue weighted by Gasteiger charge is 2.26. The van der Waals surface area contributed by atoms with E-state index in [4.69, 9.17) is 0 Å². The van der Waals surface area contributed by atoms with E-state index in [0.29, 0.717) is 27.5 Å². The predicted molar refractivity (Wildman–Crippen MR) is 135 cm³/mol. The Hall–Kier alpha value is -4.03. The molecule has 182 valence electrons. The number of non-ortho nitro benzene ring substituents is 1. The van der Waals surface area contributed by atoms with Crippen molar-refractivity contribution >= 4 is 32.9 Å². The normalized spacial score (nSPS) is 15.1. The molecule has 1 aliphatic rings. The Kier molecular flexibility index (Phi) is 5.74. The van der Waals surface area contributed by atoms with Crippen LogP contribution in [0.5, 0.6) is 0 Å². The lowest BCUT2D eigenvalue weighted by molar-refractivity contribution is -0.384. The summed E-state index contributed by atoms with van der Waals surface area (Å²) in [5.74, 6) is 1.05. The van der Waals surface area contributed by atoms with Gasteiger partial charge >= 0.3 is 0 Å². The molecular weight excluding hydrogens is 480 g/mol. The van der Waals surface area contributed by atoms with Crippen LogP contribution in [0.3, 0.4) is 0 Å². The summed E-state index contributed by atoms with van der Waals surface area (Å²) in [6.07, 6.45) is 3.45. The lowest BCUT2D eigenvalue weighted by atomic mass is 9.96. The zero-order valence-corrected chi connectivity index (χ0v) is 20.0. The van der Waals surface area contributed by atoms with Gasteiger partial charge in [0.25, 0.3) is 11.2 Å². The van der Waals surface area contributed by atoms with Crippen molar-refractivity contribution in [3.05, 3.63) is 81.2 Å². The first kappa shape index (κ1) is 22.4. The molecule has 0 amide bonds. The molecule has 36 heavy (non-hydrogen) atoms. The van der Waals surface area contributed by atoms with Crippen LogP contribution in [0.1, 0.15) is 24.6 Å². The van der Waals surface area contributed by atoms with E-state index in [0.717, 1.165) is 43.8 Å². The number of nitro benzene ring substituents is 1. The Morgan fingerprint density at radius 3 is 2.72 bits per heavy atom. The Morgan fingerprint density at radius 1 is 1.06 bits per heavy atom. The van der Waals surface area contributed by atoms with E-state index in [9.17, 15) is 14.9 Å². The molecule has 5 aromatic rings. The number of nitrogens with zero attached hydrogens (tertiary/aromatic N) is 8. The number of hydrogen-bond donors (Lipinski definition) is 0. The average Bonchev–Trinajstić information content (AvgIpc) is 3.50. The monoisotopic (exact) mass is 502 g/mol. The van der Waals surface area contributed by atoms with Gasteiger partial charge in [-0.25, -0.2) is 4.98 Å². The van der Waals surface area contributed by atoms with Gasteiger partial charge in [0.1, 0.15) is 5.01 Å². The summed E-state index contributed by atoms with van der Waals surface area (Å²) in [7, 11) is 0. The summed E-state index contributed by atoms with van der Waals surface area (Å²) in [6, 6.07) is 13.9. The Balaban J connectivity index is 1.12. The second-order valence-electron chi connectivity index (χ2n) is 8.84. The molecule has 0 radical (unpaired) electrons. The van der Waals surface area contributed by atoms with Crippen LogP contribution in [-0.2, 0) is 6.54 Å². The molecule has 0 bridgehead atoms. The van der Waals surface area contributed by atoms with Gasteiger partial charge in [0.2, 0.25) is 4.96 Å². The number of aromatic nitrogens is 6. The van der Waals surface area contributed by atoms with Crippen LogP contribution in [0.4, 0.5) is 5.69 Å². The molecule has 0 N–H and O–H groups in total. The van der Waals surface area contributed by atoms with E-state index in [2.05, 4.69) is 25.2 Å². The van der Waals surface area contributed by atoms with Gasteiger partial charge in [-0.2, -0.15) is 9.61 Å². The molecule has 4 heterocycles. The maximum Gasteiger partial charge on any atom is 0.270 e. The number of fused-ring (bicyclic) bond motifs is 2. The molecule has 1 fully saturated rings. The van der Waals surface area contributed by atoms with Gasteiger partial charge in [0, 0.05) is 36.7 Å². The van der Waals surface area contributed by atoms with E-state index in [1.807, 2.05) is 30.3 Å². The molecule has 0 spiro atoms. The first-order valence-electron chi connectivity index (χ1n) is 11.7. The fraction of sp³-hybridized carbons (Fsp3) is 0.292. The SMILES string of the molecule is O=c1c2ccccc2ncn1CCN1CCC(c2nnc3sc(-c4cccc([N+](=O)[O-])c4)nn23)CC1. The zero-order chi connectivity index (χ0) is 24.6. The second-order valence-corrected chi connectivity index (χ2v) is 9.80. The van der Waals surface area contributed by atoms with E-state index in [1.165, 1.54) is 23.5 Å². The second kappa shape index (κ2) is 9.21. The van der Waals surface area contributed by atoms with Crippen molar-refractivity contribution < 1.29 is 4.92 Å². The van der Waals surface area contributed by atoms with Crippen molar-refractivity contribution in [1.29, 1.82) is 0 Å². The van der Waals surface area contributed by atoms with Crippen molar-refractivity contribution in [2.75, 3.05) is 19.6 Å². The smallest absolute Gasteiger partial charge is 0.270 e. The number of benzene rings is 2. The minimum atomic E-state index is -0.407. The molecule has 0 saturated carbocycles. The molecule has 1 saturated heterocycles. The van der Waals surface area contributed by atoms with Crippen molar-refractivity contribution in [1.82, 2.24) is 34.3 Å². The van der Waals surface area contributed by atoms with E-state index < -0.39 is 4.92 Å². The Bertz CT molecular complexity index is 1630. The zero-order valence-electron chi connectivity index (χ0n) is 19.2. The first-order valence-corrected chi connectivity index (χ1v) is 12.5. The number of rotatable bonds is 6. The van der Waals surface area contributed by atoms with Gasteiger partial charge in [0.15, 0.2) is 5.82 Å². The molecule has 0 atom stereocenters. The van der Waals surface area contributed by atoms with Crippen molar-refractivity contribution in [2.45, 2.75) is 25.3 Å². The number of likely N-dealkylation sites (tertiary alicyclic amines) is 1. The summed E-state index contributed by atoms with van der Waals surface area (Å²) < 4.78 is 3.46. The molecule has 6 rings (SSSR count). The Morgan fingerprint density at radius 2 is 1.89 bits per heavy atom. The van der Waals surface area contributed by atoms with Crippen LogP contribution < -0.4 is 5.56 Å². The topological polar surface area (TPSA) is 124 Å². The standard InChI is InChI=1S/C24H22N8O3S/c33-23-19-6-1-2-7-20(19)25-15-30(23)13-12-29-10-8-16(9-11-29)21-26-27-24-31(21)28-22(36-24)17-4-3-5-18(14-17)32(34)35/h1-7,14-16H,8-13H2. The Labute approximate surface area is 208 Å². The van der Waals surface area contributed by atoms with Gasteiger partial charge in [0.05, 0.1) is 22.2 Å². The minimum absolute atomic E-state index is 0.00979. The highest BCUT2D eigenvalue weighted by atomic mass is 32.1. The van der Waals surface area contributed by atoms with Crippen molar-refractivity contribution in [3.8, 4) is 10.6 Å². The maximum absolute atomic E-state index is 12.7. The highest BCUT2D eigenvalue weighted by molar-refractivity contribution is 7.19. The van der Waals surface area contributed by atoms with Gasteiger partial charge in [-0.05, 0) is 38.1 Å². The summed E-state index contributed by atoms with van der Waals surface area (Å²) in [4.78, 5) is 30.9. The fourth-order valence-electron chi connectivity index (χ4n) is 4.69. The van der Waals surface area contributed by atoms with Gasteiger partial charge in [-0.1, -0.05) is 35.6 Å². The first-order chi connectivity index (χ1) is 17.6. The van der Waals surface area contributed by atoms with E-state index >= 15 is 0 Å². The van der Waals surface area contributed by atoms with Gasteiger partial charge in [-0.3, -0.25) is 19.5 Å². The molecule has 2 aromatic carbocycles. The van der Waals surface area contributed by atoms with E-state index in [-0.39, 0.29) is 17.2 Å². The van der Waals surface area contributed by atoms with E-state index in [1.54, 1.807) is 21.5 Å². The third-order valence-electron chi connectivity index (χ3n) is 6.66. The summed E-state index contributed by atoms with van der Waals surface area (Å²) in [5.41, 5.74) is 1.44. The van der Waals surface area contributed by atoms with Crippen LogP contribution in [0.25, 0.3) is 26.4 Å². The van der Waals surface area contributed by atoms with Crippen LogP contribution in [0, 0.1) is 10.1 Å². The molecule has 0 aliphatic carbocycles. The largest absolute Gasteiger partial charge is 0.302 e. The molecule has 12 heteroatoms. The highest BCUT2D eigenvalue weighted by Crippen LogP contribution is 2.32. The summed E-state index contributed by atoms with van der Waals surface area (Å²) in [6.45, 7) is 3.14. The van der Waals surface area contributed by atoms with Gasteiger partial charge in [-0.15, -0.1) is 10.2 Å².